The molecule has 7 N–H and O–H groups in total. The molecule has 2 aliphatic heterocycles. The summed E-state index contributed by atoms with van der Waals surface area (Å²) in [7, 11) is 0. The Bertz CT molecular complexity index is 604. The van der Waals surface area contributed by atoms with Crippen LogP contribution in [0.3, 0.4) is 0 Å². The smallest absolute Gasteiger partial charge is 0.243 e. The van der Waals surface area contributed by atoms with Gasteiger partial charge in [-0.15, -0.1) is 23.5 Å². The summed E-state index contributed by atoms with van der Waals surface area (Å²) in [5.74, 6) is 1.46. The van der Waals surface area contributed by atoms with Gasteiger partial charge in [-0.2, -0.15) is 0 Å². The predicted molar refractivity (Wildman–Crippen MR) is 125 cm³/mol. The number of nitrogens with two attached hydrogens (primary N) is 2. The fourth-order valence-corrected chi connectivity index (χ4v) is 7.26. The first-order valence-corrected chi connectivity index (χ1v) is 13.1. The lowest BCUT2D eigenvalue weighted by molar-refractivity contribution is -0.139. The molecule has 0 radical (unpaired) electrons. The van der Waals surface area contributed by atoms with Crippen LogP contribution < -0.4 is 22.3 Å². The number of hydrogen-bond acceptors (Lipinski definition) is 8. The van der Waals surface area contributed by atoms with Gasteiger partial charge in [0, 0.05) is 37.4 Å². The zero-order valence-electron chi connectivity index (χ0n) is 18.1. The molecular formula is C20H37N5O4S2. The van der Waals surface area contributed by atoms with E-state index < -0.39 is 12.1 Å². The van der Waals surface area contributed by atoms with Gasteiger partial charge in [-0.25, -0.2) is 5.48 Å². The number of amides is 3. The van der Waals surface area contributed by atoms with Crippen molar-refractivity contribution in [1.82, 2.24) is 15.7 Å². The van der Waals surface area contributed by atoms with Crippen molar-refractivity contribution in [2.45, 2.75) is 74.0 Å². The highest BCUT2D eigenvalue weighted by Gasteiger charge is 2.51. The lowest BCUT2D eigenvalue weighted by atomic mass is 10.1. The highest BCUT2D eigenvalue weighted by atomic mass is 32.2. The fraction of sp³-hybridized carbons (Fsp3) is 0.850. The molecule has 9 nitrogen and oxygen atoms in total. The molecule has 178 valence electrons. The van der Waals surface area contributed by atoms with Gasteiger partial charge in [-0.3, -0.25) is 19.6 Å². The lowest BCUT2D eigenvalue weighted by Gasteiger charge is -2.27. The molecule has 11 heteroatoms. The van der Waals surface area contributed by atoms with Gasteiger partial charge in [-0.05, 0) is 32.2 Å². The number of carbonyl (C=O) groups is 3. The average Bonchev–Trinajstić information content (AvgIpc) is 3.39. The van der Waals surface area contributed by atoms with E-state index in [4.69, 9.17) is 16.7 Å². The summed E-state index contributed by atoms with van der Waals surface area (Å²) in [5.41, 5.74) is 13.3. The van der Waals surface area contributed by atoms with E-state index in [1.165, 1.54) is 0 Å². The molecule has 0 aromatic heterocycles. The molecule has 0 bridgehead atoms. The third-order valence-corrected chi connectivity index (χ3v) is 9.16. The van der Waals surface area contributed by atoms with Gasteiger partial charge >= 0.3 is 0 Å². The van der Waals surface area contributed by atoms with Crippen LogP contribution in [0.2, 0.25) is 0 Å². The summed E-state index contributed by atoms with van der Waals surface area (Å²) < 4.78 is -0.0953. The second-order valence-corrected chi connectivity index (χ2v) is 11.4. The maximum absolute atomic E-state index is 13.0. The summed E-state index contributed by atoms with van der Waals surface area (Å²) in [6.07, 6.45) is 6.43. The van der Waals surface area contributed by atoms with Crippen molar-refractivity contribution in [2.75, 3.05) is 31.1 Å². The highest BCUT2D eigenvalue weighted by Crippen LogP contribution is 2.51. The SMILES string of the molecule is NCCCC[C@H](N)C(=O)N1CC2(C[C@H]1C(=O)NCCCCCCC(=O)NO)SCCS2. The molecule has 0 aromatic rings. The fourth-order valence-electron chi connectivity index (χ4n) is 4.01. The molecule has 2 saturated heterocycles. The molecular weight excluding hydrogens is 438 g/mol. The average molecular weight is 476 g/mol. The molecule has 31 heavy (non-hydrogen) atoms. The van der Waals surface area contributed by atoms with Crippen molar-refractivity contribution in [3.05, 3.63) is 0 Å². The number of likely N-dealkylation sites (tertiary alicyclic amines) is 1. The lowest BCUT2D eigenvalue weighted by Crippen LogP contribution is -2.51. The number of hydroxylamine groups is 1. The first-order chi connectivity index (χ1) is 14.9. The third kappa shape index (κ3) is 8.12. The Kier molecular flexibility index (Phi) is 11.4. The minimum absolute atomic E-state index is 0.0953. The van der Waals surface area contributed by atoms with E-state index in [-0.39, 0.29) is 21.8 Å². The van der Waals surface area contributed by atoms with E-state index in [9.17, 15) is 14.4 Å². The van der Waals surface area contributed by atoms with Crippen molar-refractivity contribution >= 4 is 41.2 Å². The molecule has 0 aromatic carbocycles. The second-order valence-electron chi connectivity index (χ2n) is 8.17. The number of carbonyl (C=O) groups excluding carboxylic acids is 3. The molecule has 0 saturated carbocycles. The Morgan fingerprint density at radius 2 is 1.81 bits per heavy atom. The molecule has 2 heterocycles. The van der Waals surface area contributed by atoms with E-state index in [0.717, 1.165) is 43.6 Å². The topological polar surface area (TPSA) is 151 Å². The summed E-state index contributed by atoms with van der Waals surface area (Å²) in [5, 5.41) is 11.5. The number of hydrogen-bond donors (Lipinski definition) is 5. The molecule has 2 atom stereocenters. The van der Waals surface area contributed by atoms with Gasteiger partial charge in [0.1, 0.15) is 6.04 Å². The van der Waals surface area contributed by atoms with Crippen LogP contribution in [0.4, 0.5) is 0 Å². The quantitative estimate of drug-likeness (QED) is 0.149. The number of nitrogens with one attached hydrogen (secondary N) is 2. The van der Waals surface area contributed by atoms with E-state index in [0.29, 0.717) is 45.3 Å². The first-order valence-electron chi connectivity index (χ1n) is 11.2. The molecule has 3 amide bonds. The van der Waals surface area contributed by atoms with Crippen LogP contribution in [0.1, 0.15) is 57.8 Å². The van der Waals surface area contributed by atoms with E-state index in [1.54, 1.807) is 10.4 Å². The first kappa shape index (κ1) is 26.2. The number of nitrogens with zero attached hydrogens (tertiary/aromatic N) is 1. The molecule has 2 aliphatic rings. The molecule has 1 spiro atoms. The summed E-state index contributed by atoms with van der Waals surface area (Å²) in [4.78, 5) is 38.7. The Morgan fingerprint density at radius 1 is 1.10 bits per heavy atom. The number of thioether (sulfide) groups is 2. The number of rotatable bonds is 13. The van der Waals surface area contributed by atoms with E-state index in [2.05, 4.69) is 5.32 Å². The van der Waals surface area contributed by atoms with Crippen LogP contribution in [0.25, 0.3) is 0 Å². The van der Waals surface area contributed by atoms with Crippen LogP contribution in [-0.2, 0) is 14.4 Å². The Morgan fingerprint density at radius 3 is 2.48 bits per heavy atom. The van der Waals surface area contributed by atoms with Gasteiger partial charge in [0.05, 0.1) is 10.1 Å². The summed E-state index contributed by atoms with van der Waals surface area (Å²) in [6, 6.07) is -1.07. The van der Waals surface area contributed by atoms with E-state index >= 15 is 0 Å². The minimum atomic E-state index is -0.593. The minimum Gasteiger partial charge on any atom is -0.354 e. The Balaban J connectivity index is 1.83. The van der Waals surface area contributed by atoms with Crippen molar-refractivity contribution < 1.29 is 19.6 Å². The van der Waals surface area contributed by atoms with Gasteiger partial charge in [0.25, 0.3) is 0 Å². The normalized spacial score (nSPS) is 20.7. The monoisotopic (exact) mass is 475 g/mol. The van der Waals surface area contributed by atoms with Crippen molar-refractivity contribution in [3.8, 4) is 0 Å². The van der Waals surface area contributed by atoms with Crippen LogP contribution in [0, 0.1) is 0 Å². The van der Waals surface area contributed by atoms with Crippen molar-refractivity contribution in [1.29, 1.82) is 0 Å². The van der Waals surface area contributed by atoms with Crippen LogP contribution in [0.5, 0.6) is 0 Å². The van der Waals surface area contributed by atoms with Crippen LogP contribution in [0.15, 0.2) is 0 Å². The van der Waals surface area contributed by atoms with Crippen LogP contribution >= 0.6 is 23.5 Å². The molecule has 0 unspecified atom stereocenters. The van der Waals surface area contributed by atoms with Crippen molar-refractivity contribution in [3.63, 3.8) is 0 Å². The van der Waals surface area contributed by atoms with E-state index in [1.807, 2.05) is 23.5 Å². The summed E-state index contributed by atoms with van der Waals surface area (Å²) in [6.45, 7) is 1.69. The maximum Gasteiger partial charge on any atom is 0.243 e. The van der Waals surface area contributed by atoms with Gasteiger partial charge in [-0.1, -0.05) is 19.3 Å². The zero-order valence-corrected chi connectivity index (χ0v) is 19.8. The standard InChI is InChI=1S/C20H37N5O4S2/c21-9-5-4-7-15(22)19(28)25-14-20(30-11-12-31-20)13-16(25)18(27)23-10-6-2-1-3-8-17(26)24-29/h15-16,29H,1-14,21-22H2,(H,23,27)(H,24,26)/t15-,16-/m0/s1. The number of unbranched alkanes of at least 4 members (excludes halogenated alkanes) is 4. The third-order valence-electron chi connectivity index (χ3n) is 5.73. The van der Waals surface area contributed by atoms with Crippen molar-refractivity contribution in [2.24, 2.45) is 11.5 Å². The van der Waals surface area contributed by atoms with Gasteiger partial charge in [0.15, 0.2) is 0 Å². The molecule has 2 fully saturated rings. The second kappa shape index (κ2) is 13.5. The largest absolute Gasteiger partial charge is 0.354 e. The summed E-state index contributed by atoms with van der Waals surface area (Å²) >= 11 is 3.70. The van der Waals surface area contributed by atoms with Gasteiger partial charge < -0.3 is 21.7 Å². The Labute approximate surface area is 193 Å². The maximum atomic E-state index is 13.0. The highest BCUT2D eigenvalue weighted by molar-refractivity contribution is 8.21. The Hall–Kier alpha value is -1.01. The van der Waals surface area contributed by atoms with Gasteiger partial charge in [0.2, 0.25) is 17.7 Å². The predicted octanol–water partition coefficient (Wildman–Crippen LogP) is 0.792. The van der Waals surface area contributed by atoms with Crippen LogP contribution in [-0.4, -0.2) is 75.1 Å². The molecule has 2 rings (SSSR count). The molecule has 0 aliphatic carbocycles. The zero-order chi connectivity index (χ0) is 22.7.